The second-order valence-electron chi connectivity index (χ2n) is 9.10. The van der Waals surface area contributed by atoms with Gasteiger partial charge in [-0.3, -0.25) is 9.20 Å². The molecule has 1 saturated heterocycles. The van der Waals surface area contributed by atoms with Crippen LogP contribution in [0.3, 0.4) is 0 Å². The number of hydrogen-bond acceptors (Lipinski definition) is 4. The van der Waals surface area contributed by atoms with E-state index in [9.17, 15) is 4.79 Å². The van der Waals surface area contributed by atoms with Crippen LogP contribution in [0.1, 0.15) is 61.0 Å². The molecule has 2 aromatic rings. The minimum Gasteiger partial charge on any atom is -0.359 e. The van der Waals surface area contributed by atoms with Crippen molar-refractivity contribution in [1.29, 1.82) is 0 Å². The number of imidazole rings is 1. The number of amides is 1. The SMILES string of the molecule is Cc1nc2ccc(C(=O)NC3CCN(C)CC3)cn2c1N(C)CC1CCCCC1. The Labute approximate surface area is 174 Å². The van der Waals surface area contributed by atoms with Gasteiger partial charge in [0.15, 0.2) is 0 Å². The molecule has 2 aliphatic rings. The average Bonchev–Trinajstić information content (AvgIpc) is 3.05. The van der Waals surface area contributed by atoms with Gasteiger partial charge in [0.05, 0.1) is 11.3 Å². The molecule has 158 valence electrons. The van der Waals surface area contributed by atoms with Crippen molar-refractivity contribution in [1.82, 2.24) is 19.6 Å². The highest BCUT2D eigenvalue weighted by Gasteiger charge is 2.22. The van der Waals surface area contributed by atoms with Crippen LogP contribution in [0, 0.1) is 12.8 Å². The third-order valence-corrected chi connectivity index (χ3v) is 6.70. The lowest BCUT2D eigenvalue weighted by Crippen LogP contribution is -2.43. The number of fused-ring (bicyclic) bond motifs is 1. The number of nitrogens with one attached hydrogen (secondary N) is 1. The summed E-state index contributed by atoms with van der Waals surface area (Å²) < 4.78 is 2.10. The van der Waals surface area contributed by atoms with E-state index >= 15 is 0 Å². The van der Waals surface area contributed by atoms with E-state index in [4.69, 9.17) is 4.98 Å². The molecule has 2 aromatic heterocycles. The molecule has 3 heterocycles. The van der Waals surface area contributed by atoms with Gasteiger partial charge in [0, 0.05) is 25.8 Å². The van der Waals surface area contributed by atoms with Crippen molar-refractivity contribution in [2.45, 2.75) is 57.9 Å². The summed E-state index contributed by atoms with van der Waals surface area (Å²) in [7, 11) is 4.30. The fraction of sp³-hybridized carbons (Fsp3) is 0.652. The monoisotopic (exact) mass is 397 g/mol. The lowest BCUT2D eigenvalue weighted by atomic mass is 9.89. The Balaban J connectivity index is 1.51. The van der Waals surface area contributed by atoms with E-state index < -0.39 is 0 Å². The molecule has 29 heavy (non-hydrogen) atoms. The van der Waals surface area contributed by atoms with E-state index in [0.717, 1.165) is 55.6 Å². The molecule has 6 heteroatoms. The molecule has 1 N–H and O–H groups in total. The zero-order chi connectivity index (χ0) is 20.4. The van der Waals surface area contributed by atoms with Gasteiger partial charge in [0.25, 0.3) is 5.91 Å². The van der Waals surface area contributed by atoms with Crippen molar-refractivity contribution in [3.63, 3.8) is 0 Å². The zero-order valence-corrected chi connectivity index (χ0v) is 18.2. The number of anilines is 1. The number of piperidine rings is 1. The third-order valence-electron chi connectivity index (χ3n) is 6.70. The fourth-order valence-electron chi connectivity index (χ4n) is 5.01. The molecule has 1 aliphatic heterocycles. The highest BCUT2D eigenvalue weighted by Crippen LogP contribution is 2.28. The first-order valence-corrected chi connectivity index (χ1v) is 11.2. The predicted molar refractivity (Wildman–Crippen MR) is 118 cm³/mol. The van der Waals surface area contributed by atoms with Crippen LogP contribution in [0.25, 0.3) is 5.65 Å². The summed E-state index contributed by atoms with van der Waals surface area (Å²) in [5, 5.41) is 3.23. The molecule has 1 amide bonds. The van der Waals surface area contributed by atoms with Crippen LogP contribution in [-0.4, -0.2) is 60.0 Å². The Kier molecular flexibility index (Phi) is 6.09. The molecule has 0 atom stereocenters. The molecule has 0 radical (unpaired) electrons. The van der Waals surface area contributed by atoms with E-state index in [1.807, 2.05) is 18.3 Å². The highest BCUT2D eigenvalue weighted by molar-refractivity contribution is 5.94. The van der Waals surface area contributed by atoms with Crippen molar-refractivity contribution >= 4 is 17.4 Å². The Morgan fingerprint density at radius 3 is 2.62 bits per heavy atom. The van der Waals surface area contributed by atoms with E-state index in [1.165, 1.54) is 32.1 Å². The number of aryl methyl sites for hydroxylation is 1. The Morgan fingerprint density at radius 2 is 1.90 bits per heavy atom. The number of carbonyl (C=O) groups is 1. The first-order valence-electron chi connectivity index (χ1n) is 11.2. The highest BCUT2D eigenvalue weighted by atomic mass is 16.1. The second kappa shape index (κ2) is 8.74. The molecule has 0 aromatic carbocycles. The first kappa shape index (κ1) is 20.2. The van der Waals surface area contributed by atoms with Crippen molar-refractivity contribution < 1.29 is 4.79 Å². The molecule has 0 spiro atoms. The van der Waals surface area contributed by atoms with Crippen LogP contribution in [0.5, 0.6) is 0 Å². The van der Waals surface area contributed by atoms with Gasteiger partial charge >= 0.3 is 0 Å². The van der Waals surface area contributed by atoms with Crippen LogP contribution in [0.2, 0.25) is 0 Å². The lowest BCUT2D eigenvalue weighted by molar-refractivity contribution is 0.0916. The largest absolute Gasteiger partial charge is 0.359 e. The average molecular weight is 398 g/mol. The summed E-state index contributed by atoms with van der Waals surface area (Å²) in [5.41, 5.74) is 2.64. The van der Waals surface area contributed by atoms with Crippen LogP contribution in [-0.2, 0) is 0 Å². The molecule has 0 unspecified atom stereocenters. The molecular formula is C23H35N5O. The maximum Gasteiger partial charge on any atom is 0.252 e. The van der Waals surface area contributed by atoms with Crippen LogP contribution < -0.4 is 10.2 Å². The van der Waals surface area contributed by atoms with E-state index in [0.29, 0.717) is 5.56 Å². The first-order chi connectivity index (χ1) is 14.0. The minimum atomic E-state index is 0.0219. The summed E-state index contributed by atoms with van der Waals surface area (Å²) in [4.78, 5) is 22.3. The third kappa shape index (κ3) is 4.58. The molecular weight excluding hydrogens is 362 g/mol. The molecule has 4 rings (SSSR count). The maximum atomic E-state index is 12.9. The Bertz CT molecular complexity index is 846. The van der Waals surface area contributed by atoms with E-state index in [2.05, 4.69) is 40.5 Å². The standard InChI is InChI=1S/C23H35N5O/c1-17-23(27(3)15-18-7-5-4-6-8-18)28-16-19(9-10-21(28)24-17)22(29)25-20-11-13-26(2)14-12-20/h9-10,16,18,20H,4-8,11-15H2,1-3H3,(H,25,29). The van der Waals surface area contributed by atoms with Crippen molar-refractivity contribution in [3.05, 3.63) is 29.6 Å². The Hall–Kier alpha value is -2.08. The van der Waals surface area contributed by atoms with Crippen LogP contribution in [0.4, 0.5) is 5.82 Å². The summed E-state index contributed by atoms with van der Waals surface area (Å²) in [5.74, 6) is 1.89. The maximum absolute atomic E-state index is 12.9. The summed E-state index contributed by atoms with van der Waals surface area (Å²) in [6.07, 6.45) is 10.7. The van der Waals surface area contributed by atoms with Crippen LogP contribution >= 0.6 is 0 Å². The lowest BCUT2D eigenvalue weighted by Gasteiger charge is -2.29. The van der Waals surface area contributed by atoms with Crippen molar-refractivity contribution in [2.75, 3.05) is 38.6 Å². The molecule has 1 saturated carbocycles. The number of pyridine rings is 1. The van der Waals surface area contributed by atoms with Gasteiger partial charge in [0.1, 0.15) is 11.5 Å². The Morgan fingerprint density at radius 1 is 1.17 bits per heavy atom. The number of nitrogens with zero attached hydrogens (tertiary/aromatic N) is 4. The van der Waals surface area contributed by atoms with Crippen molar-refractivity contribution in [3.8, 4) is 0 Å². The van der Waals surface area contributed by atoms with Gasteiger partial charge in [-0.2, -0.15) is 0 Å². The van der Waals surface area contributed by atoms with Crippen molar-refractivity contribution in [2.24, 2.45) is 5.92 Å². The molecule has 2 fully saturated rings. The fourth-order valence-corrected chi connectivity index (χ4v) is 5.01. The number of hydrogen-bond donors (Lipinski definition) is 1. The normalized spacial score (nSPS) is 19.6. The van der Waals surface area contributed by atoms with Gasteiger partial charge in [-0.1, -0.05) is 19.3 Å². The topological polar surface area (TPSA) is 52.9 Å². The number of likely N-dealkylation sites (tertiary alicyclic amines) is 1. The van der Waals surface area contributed by atoms with Crippen LogP contribution in [0.15, 0.2) is 18.3 Å². The van der Waals surface area contributed by atoms with Gasteiger partial charge in [0.2, 0.25) is 0 Å². The van der Waals surface area contributed by atoms with E-state index in [1.54, 1.807) is 0 Å². The smallest absolute Gasteiger partial charge is 0.252 e. The predicted octanol–water partition coefficient (Wildman–Crippen LogP) is 3.48. The zero-order valence-electron chi connectivity index (χ0n) is 18.2. The number of carbonyl (C=O) groups excluding carboxylic acids is 1. The summed E-state index contributed by atoms with van der Waals surface area (Å²) in [6.45, 7) is 5.21. The second-order valence-corrected chi connectivity index (χ2v) is 9.10. The van der Waals surface area contributed by atoms with E-state index in [-0.39, 0.29) is 11.9 Å². The summed E-state index contributed by atoms with van der Waals surface area (Å²) >= 11 is 0. The van der Waals surface area contributed by atoms with Gasteiger partial charge < -0.3 is 15.1 Å². The molecule has 1 aliphatic carbocycles. The summed E-state index contributed by atoms with van der Waals surface area (Å²) in [6, 6.07) is 4.14. The quantitative estimate of drug-likeness (QED) is 0.839. The molecule has 0 bridgehead atoms. The number of aromatic nitrogens is 2. The minimum absolute atomic E-state index is 0.0219. The van der Waals surface area contributed by atoms with Gasteiger partial charge in [-0.25, -0.2) is 4.98 Å². The number of rotatable bonds is 5. The molecule has 6 nitrogen and oxygen atoms in total. The van der Waals surface area contributed by atoms with Gasteiger partial charge in [-0.15, -0.1) is 0 Å². The van der Waals surface area contributed by atoms with Gasteiger partial charge in [-0.05, 0) is 70.8 Å².